The molecule has 1 aliphatic heterocycles. The third-order valence-electron chi connectivity index (χ3n) is 4.04. The molecular formula is C18H19ClN4OS. The number of nitrogens with one attached hydrogen (secondary N) is 2. The fraction of sp³-hybridized carbons (Fsp3) is 0.222. The van der Waals surface area contributed by atoms with Gasteiger partial charge in [0.15, 0.2) is 5.17 Å². The minimum absolute atomic E-state index is 0.313. The number of carbonyl (C=O) groups excluding carboxylic acids is 1. The Hall–Kier alpha value is -2.18. The summed E-state index contributed by atoms with van der Waals surface area (Å²) in [6.45, 7) is 2.06. The fourth-order valence-corrected chi connectivity index (χ4v) is 3.75. The number of rotatable bonds is 3. The van der Waals surface area contributed by atoms with Gasteiger partial charge >= 0.3 is 6.03 Å². The molecule has 0 aliphatic carbocycles. The van der Waals surface area contributed by atoms with Gasteiger partial charge < -0.3 is 16.4 Å². The van der Waals surface area contributed by atoms with Gasteiger partial charge in [0.1, 0.15) is 0 Å². The summed E-state index contributed by atoms with van der Waals surface area (Å²) in [5.74, 6) is 0.931. The number of hydrogen-bond acceptors (Lipinski definition) is 4. The van der Waals surface area contributed by atoms with Crippen LogP contribution in [-0.4, -0.2) is 17.0 Å². The number of anilines is 2. The Kier molecular flexibility index (Phi) is 5.20. The number of thioether (sulfide) groups is 1. The molecule has 0 bridgehead atoms. The van der Waals surface area contributed by atoms with Crippen molar-refractivity contribution in [3.63, 3.8) is 0 Å². The molecule has 2 aromatic rings. The zero-order valence-corrected chi connectivity index (χ0v) is 15.3. The lowest BCUT2D eigenvalue weighted by Crippen LogP contribution is -2.29. The Morgan fingerprint density at radius 1 is 1.20 bits per heavy atom. The predicted molar refractivity (Wildman–Crippen MR) is 107 cm³/mol. The third kappa shape index (κ3) is 4.46. The highest BCUT2D eigenvalue weighted by Gasteiger charge is 2.29. The molecule has 1 atom stereocenters. The molecule has 0 spiro atoms. The van der Waals surface area contributed by atoms with E-state index in [1.54, 1.807) is 36.0 Å². The highest BCUT2D eigenvalue weighted by Crippen LogP contribution is 2.35. The molecule has 0 aromatic heterocycles. The van der Waals surface area contributed by atoms with Gasteiger partial charge in [0.2, 0.25) is 0 Å². The van der Waals surface area contributed by atoms with Gasteiger partial charge in [0, 0.05) is 22.2 Å². The SMILES string of the molecule is CC1(c2cccc(NC(=O)Nc3ccc(Cl)cc3)c2)CCSC(N)=N1. The van der Waals surface area contributed by atoms with Crippen molar-refractivity contribution < 1.29 is 4.79 Å². The minimum Gasteiger partial charge on any atom is -0.379 e. The van der Waals surface area contributed by atoms with Gasteiger partial charge in [0.25, 0.3) is 0 Å². The maximum Gasteiger partial charge on any atom is 0.323 e. The highest BCUT2D eigenvalue weighted by molar-refractivity contribution is 8.13. The summed E-state index contributed by atoms with van der Waals surface area (Å²) >= 11 is 7.41. The molecule has 5 nitrogen and oxygen atoms in total. The minimum atomic E-state index is -0.361. The number of hydrogen-bond donors (Lipinski definition) is 3. The van der Waals surface area contributed by atoms with Crippen LogP contribution in [0.2, 0.25) is 5.02 Å². The number of aliphatic imine (C=N–C) groups is 1. The van der Waals surface area contributed by atoms with Crippen LogP contribution in [0.25, 0.3) is 0 Å². The first-order chi connectivity index (χ1) is 11.9. The van der Waals surface area contributed by atoms with Crippen LogP contribution in [0.1, 0.15) is 18.9 Å². The molecule has 4 N–H and O–H groups in total. The number of nitrogens with two attached hydrogens (primary N) is 1. The Bertz CT molecular complexity index is 809. The molecule has 2 amide bonds. The van der Waals surface area contributed by atoms with E-state index in [1.165, 1.54) is 0 Å². The van der Waals surface area contributed by atoms with E-state index in [-0.39, 0.29) is 11.6 Å². The van der Waals surface area contributed by atoms with Crippen LogP contribution >= 0.6 is 23.4 Å². The van der Waals surface area contributed by atoms with Crippen LogP contribution in [0.3, 0.4) is 0 Å². The Balaban J connectivity index is 1.72. The van der Waals surface area contributed by atoms with E-state index in [4.69, 9.17) is 17.3 Å². The molecule has 7 heteroatoms. The molecule has 0 saturated heterocycles. The second kappa shape index (κ2) is 7.37. The molecule has 1 aliphatic rings. The summed E-state index contributed by atoms with van der Waals surface area (Å²) in [4.78, 5) is 16.8. The number of halogens is 1. The van der Waals surface area contributed by atoms with Crippen molar-refractivity contribution in [3.05, 3.63) is 59.1 Å². The second-order valence-corrected chi connectivity index (χ2v) is 7.54. The van der Waals surface area contributed by atoms with Gasteiger partial charge in [-0.2, -0.15) is 0 Å². The lowest BCUT2D eigenvalue weighted by Gasteiger charge is -2.30. The molecule has 1 heterocycles. The summed E-state index contributed by atoms with van der Waals surface area (Å²) in [6, 6.07) is 14.3. The molecule has 3 rings (SSSR count). The molecule has 130 valence electrons. The first kappa shape index (κ1) is 17.6. The summed E-state index contributed by atoms with van der Waals surface area (Å²) < 4.78 is 0. The van der Waals surface area contributed by atoms with Crippen molar-refractivity contribution in [2.24, 2.45) is 10.7 Å². The average Bonchev–Trinajstić information content (AvgIpc) is 2.57. The second-order valence-electron chi connectivity index (χ2n) is 5.99. The zero-order valence-electron chi connectivity index (χ0n) is 13.8. The average molecular weight is 375 g/mol. The number of carbonyl (C=O) groups is 1. The van der Waals surface area contributed by atoms with Crippen molar-refractivity contribution in [2.45, 2.75) is 18.9 Å². The molecule has 0 fully saturated rings. The largest absolute Gasteiger partial charge is 0.379 e. The van der Waals surface area contributed by atoms with Gasteiger partial charge in [-0.1, -0.05) is 35.5 Å². The monoisotopic (exact) mass is 374 g/mol. The molecule has 1 unspecified atom stereocenters. The lowest BCUT2D eigenvalue weighted by molar-refractivity contribution is 0.262. The third-order valence-corrected chi connectivity index (χ3v) is 5.09. The van der Waals surface area contributed by atoms with Crippen LogP contribution < -0.4 is 16.4 Å². The van der Waals surface area contributed by atoms with Gasteiger partial charge in [-0.05, 0) is 55.3 Å². The molecule has 25 heavy (non-hydrogen) atoms. The number of amidine groups is 1. The van der Waals surface area contributed by atoms with E-state index in [0.29, 0.717) is 21.6 Å². The number of amides is 2. The fourth-order valence-electron chi connectivity index (χ4n) is 2.65. The maximum absolute atomic E-state index is 12.2. The van der Waals surface area contributed by atoms with Gasteiger partial charge in [-0.3, -0.25) is 4.99 Å². The smallest absolute Gasteiger partial charge is 0.323 e. The number of nitrogens with zero attached hydrogens (tertiary/aromatic N) is 1. The Morgan fingerprint density at radius 3 is 2.64 bits per heavy atom. The summed E-state index contributed by atoms with van der Waals surface area (Å²) in [7, 11) is 0. The van der Waals surface area contributed by atoms with Gasteiger partial charge in [0.05, 0.1) is 5.54 Å². The van der Waals surface area contributed by atoms with Crippen molar-refractivity contribution in [1.29, 1.82) is 0 Å². The number of benzene rings is 2. The van der Waals surface area contributed by atoms with E-state index in [0.717, 1.165) is 17.7 Å². The first-order valence-electron chi connectivity index (χ1n) is 7.87. The predicted octanol–water partition coefficient (Wildman–Crippen LogP) is 4.65. The topological polar surface area (TPSA) is 79.5 Å². The first-order valence-corrected chi connectivity index (χ1v) is 9.23. The van der Waals surface area contributed by atoms with Crippen molar-refractivity contribution >= 4 is 45.9 Å². The van der Waals surface area contributed by atoms with Crippen LogP contribution in [-0.2, 0) is 5.54 Å². The van der Waals surface area contributed by atoms with Crippen molar-refractivity contribution in [1.82, 2.24) is 0 Å². The van der Waals surface area contributed by atoms with E-state index < -0.39 is 0 Å². The van der Waals surface area contributed by atoms with Gasteiger partial charge in [-0.25, -0.2) is 4.79 Å². The Labute approximate surface area is 156 Å². The van der Waals surface area contributed by atoms with Crippen molar-refractivity contribution in [2.75, 3.05) is 16.4 Å². The van der Waals surface area contributed by atoms with Crippen LogP contribution in [0, 0.1) is 0 Å². The van der Waals surface area contributed by atoms with E-state index in [9.17, 15) is 4.79 Å². The summed E-state index contributed by atoms with van der Waals surface area (Å²) in [5.41, 5.74) is 7.93. The van der Waals surface area contributed by atoms with Gasteiger partial charge in [-0.15, -0.1) is 0 Å². The Morgan fingerprint density at radius 2 is 1.92 bits per heavy atom. The quantitative estimate of drug-likeness (QED) is 0.731. The van der Waals surface area contributed by atoms with Crippen LogP contribution in [0.5, 0.6) is 0 Å². The summed E-state index contributed by atoms with van der Waals surface area (Å²) in [5, 5.41) is 6.85. The maximum atomic E-state index is 12.2. The molecule has 2 aromatic carbocycles. The van der Waals surface area contributed by atoms with E-state index >= 15 is 0 Å². The van der Waals surface area contributed by atoms with Crippen molar-refractivity contribution in [3.8, 4) is 0 Å². The van der Waals surface area contributed by atoms with Crippen LogP contribution in [0.4, 0.5) is 16.2 Å². The lowest BCUT2D eigenvalue weighted by atomic mass is 9.89. The number of urea groups is 1. The zero-order chi connectivity index (χ0) is 17.9. The molecule has 0 saturated carbocycles. The van der Waals surface area contributed by atoms with Crippen LogP contribution in [0.15, 0.2) is 53.5 Å². The standard InChI is InChI=1S/C18H19ClN4OS/c1-18(9-10-25-16(20)23-18)12-3-2-4-15(11-12)22-17(24)21-14-7-5-13(19)6-8-14/h2-8,11H,9-10H2,1H3,(H2,20,23)(H2,21,22,24). The summed E-state index contributed by atoms with van der Waals surface area (Å²) in [6.07, 6.45) is 0.902. The normalized spacial score (nSPS) is 19.8. The van der Waals surface area contributed by atoms with E-state index in [2.05, 4.69) is 22.5 Å². The highest BCUT2D eigenvalue weighted by atomic mass is 35.5. The molecular weight excluding hydrogens is 356 g/mol. The molecule has 0 radical (unpaired) electrons. The van der Waals surface area contributed by atoms with E-state index in [1.807, 2.05) is 24.3 Å².